The predicted octanol–water partition coefficient (Wildman–Crippen LogP) is 3.33. The van der Waals surface area contributed by atoms with E-state index in [1.165, 1.54) is 18.4 Å². The van der Waals surface area contributed by atoms with Crippen molar-refractivity contribution >= 4 is 0 Å². The Morgan fingerprint density at radius 1 is 1.24 bits per heavy atom. The summed E-state index contributed by atoms with van der Waals surface area (Å²) in [5.41, 5.74) is 1.45. The first kappa shape index (κ1) is 12.4. The van der Waals surface area contributed by atoms with E-state index in [9.17, 15) is 0 Å². The van der Waals surface area contributed by atoms with Crippen LogP contribution >= 0.6 is 0 Å². The van der Waals surface area contributed by atoms with Crippen LogP contribution in [0.5, 0.6) is 5.75 Å². The molecule has 0 aliphatic heterocycles. The molecule has 1 fully saturated rings. The molecule has 0 aromatic heterocycles. The highest BCUT2D eigenvalue weighted by atomic mass is 16.5. The Hall–Kier alpha value is -1.02. The largest absolute Gasteiger partial charge is 0.486 e. The van der Waals surface area contributed by atoms with E-state index < -0.39 is 0 Å². The standard InChI is InChI=1S/C15H23NO/c1-4-16-11-15(9-10-15)17-14-7-5-13(6-8-14)12(2)3/h5-8,12,16H,4,9-11H2,1-3H3. The van der Waals surface area contributed by atoms with Gasteiger partial charge in [-0.25, -0.2) is 0 Å². The van der Waals surface area contributed by atoms with Crippen LogP contribution in [0.3, 0.4) is 0 Å². The highest BCUT2D eigenvalue weighted by Crippen LogP contribution is 2.39. The van der Waals surface area contributed by atoms with Crippen LogP contribution in [0.25, 0.3) is 0 Å². The number of likely N-dealkylation sites (N-methyl/N-ethyl adjacent to an activating group) is 1. The Balaban J connectivity index is 1.95. The summed E-state index contributed by atoms with van der Waals surface area (Å²) in [4.78, 5) is 0. The molecule has 0 saturated heterocycles. The molecule has 2 nitrogen and oxygen atoms in total. The number of ether oxygens (including phenoxy) is 1. The molecule has 2 rings (SSSR count). The molecule has 1 aliphatic rings. The van der Waals surface area contributed by atoms with Gasteiger partial charge in [0.2, 0.25) is 0 Å². The van der Waals surface area contributed by atoms with Gasteiger partial charge >= 0.3 is 0 Å². The lowest BCUT2D eigenvalue weighted by atomic mass is 10.0. The second-order valence-corrected chi connectivity index (χ2v) is 5.29. The first-order valence-electron chi connectivity index (χ1n) is 6.65. The van der Waals surface area contributed by atoms with Gasteiger partial charge in [-0.3, -0.25) is 0 Å². The Labute approximate surface area is 104 Å². The van der Waals surface area contributed by atoms with E-state index in [2.05, 4.69) is 50.4 Å². The number of benzene rings is 1. The van der Waals surface area contributed by atoms with Gasteiger partial charge in [0.1, 0.15) is 11.4 Å². The molecule has 1 aromatic carbocycles. The highest BCUT2D eigenvalue weighted by molar-refractivity contribution is 5.30. The molecule has 0 bridgehead atoms. The van der Waals surface area contributed by atoms with Crippen molar-refractivity contribution in [3.63, 3.8) is 0 Å². The zero-order valence-corrected chi connectivity index (χ0v) is 11.1. The maximum Gasteiger partial charge on any atom is 0.122 e. The number of hydrogen-bond acceptors (Lipinski definition) is 2. The average molecular weight is 233 g/mol. The van der Waals surface area contributed by atoms with E-state index in [0.717, 1.165) is 18.8 Å². The second-order valence-electron chi connectivity index (χ2n) is 5.29. The van der Waals surface area contributed by atoms with Crippen LogP contribution in [0, 0.1) is 0 Å². The molecule has 0 radical (unpaired) electrons. The molecule has 94 valence electrons. The fourth-order valence-corrected chi connectivity index (χ4v) is 1.98. The van der Waals surface area contributed by atoms with Crippen LogP contribution in [-0.2, 0) is 0 Å². The minimum atomic E-state index is 0.0787. The third-order valence-electron chi connectivity index (χ3n) is 3.39. The van der Waals surface area contributed by atoms with Crippen LogP contribution in [0.4, 0.5) is 0 Å². The summed E-state index contributed by atoms with van der Waals surface area (Å²) in [6.45, 7) is 8.53. The molecule has 0 heterocycles. The summed E-state index contributed by atoms with van der Waals surface area (Å²) in [7, 11) is 0. The maximum atomic E-state index is 6.09. The van der Waals surface area contributed by atoms with E-state index >= 15 is 0 Å². The van der Waals surface area contributed by atoms with Crippen molar-refractivity contribution < 1.29 is 4.74 Å². The molecular formula is C15H23NO. The predicted molar refractivity (Wildman–Crippen MR) is 71.7 cm³/mol. The van der Waals surface area contributed by atoms with Gasteiger partial charge in [0, 0.05) is 6.54 Å². The van der Waals surface area contributed by atoms with Gasteiger partial charge in [0.25, 0.3) is 0 Å². The first-order chi connectivity index (χ1) is 8.15. The molecule has 0 unspecified atom stereocenters. The Bertz CT molecular complexity index is 352. The van der Waals surface area contributed by atoms with Gasteiger partial charge in [-0.2, -0.15) is 0 Å². The van der Waals surface area contributed by atoms with E-state index in [1.54, 1.807) is 0 Å². The zero-order valence-electron chi connectivity index (χ0n) is 11.1. The Kier molecular flexibility index (Phi) is 3.72. The molecule has 0 spiro atoms. The van der Waals surface area contributed by atoms with E-state index in [-0.39, 0.29) is 5.60 Å². The van der Waals surface area contributed by atoms with Gasteiger partial charge < -0.3 is 10.1 Å². The second kappa shape index (κ2) is 5.09. The molecular weight excluding hydrogens is 210 g/mol. The van der Waals surface area contributed by atoms with Crippen LogP contribution in [0.15, 0.2) is 24.3 Å². The van der Waals surface area contributed by atoms with Gasteiger partial charge in [-0.1, -0.05) is 32.9 Å². The molecule has 1 saturated carbocycles. The molecule has 0 amide bonds. The maximum absolute atomic E-state index is 6.09. The number of rotatable bonds is 6. The quantitative estimate of drug-likeness (QED) is 0.813. The van der Waals surface area contributed by atoms with Crippen LogP contribution in [0.1, 0.15) is 45.1 Å². The molecule has 1 aromatic rings. The lowest BCUT2D eigenvalue weighted by Crippen LogP contribution is -2.33. The highest BCUT2D eigenvalue weighted by Gasteiger charge is 2.44. The monoisotopic (exact) mass is 233 g/mol. The number of hydrogen-bond donors (Lipinski definition) is 1. The van der Waals surface area contributed by atoms with Crippen molar-refractivity contribution in [2.75, 3.05) is 13.1 Å². The lowest BCUT2D eigenvalue weighted by molar-refractivity contribution is 0.176. The van der Waals surface area contributed by atoms with E-state index in [0.29, 0.717) is 5.92 Å². The minimum Gasteiger partial charge on any atom is -0.486 e. The number of nitrogens with one attached hydrogen (secondary N) is 1. The average Bonchev–Trinajstić information content (AvgIpc) is 3.07. The van der Waals surface area contributed by atoms with Crippen molar-refractivity contribution in [1.82, 2.24) is 5.32 Å². The topological polar surface area (TPSA) is 21.3 Å². The summed E-state index contributed by atoms with van der Waals surface area (Å²) in [6.07, 6.45) is 2.35. The van der Waals surface area contributed by atoms with Crippen LogP contribution < -0.4 is 10.1 Å². The van der Waals surface area contributed by atoms with Gasteiger partial charge in [-0.15, -0.1) is 0 Å². The SMILES string of the molecule is CCNCC1(Oc2ccc(C(C)C)cc2)CC1. The van der Waals surface area contributed by atoms with Crippen molar-refractivity contribution in [1.29, 1.82) is 0 Å². The Morgan fingerprint density at radius 3 is 2.35 bits per heavy atom. The van der Waals surface area contributed by atoms with Gasteiger partial charge in [-0.05, 0) is 43.0 Å². The Morgan fingerprint density at radius 2 is 1.88 bits per heavy atom. The van der Waals surface area contributed by atoms with Gasteiger partial charge in [0.15, 0.2) is 0 Å². The third kappa shape index (κ3) is 3.22. The van der Waals surface area contributed by atoms with Crippen LogP contribution in [-0.4, -0.2) is 18.7 Å². The fourth-order valence-electron chi connectivity index (χ4n) is 1.98. The zero-order chi connectivity index (χ0) is 12.3. The molecule has 2 heteroatoms. The fraction of sp³-hybridized carbons (Fsp3) is 0.600. The first-order valence-corrected chi connectivity index (χ1v) is 6.65. The van der Waals surface area contributed by atoms with E-state index in [4.69, 9.17) is 4.74 Å². The van der Waals surface area contributed by atoms with Gasteiger partial charge in [0.05, 0.1) is 0 Å². The molecule has 0 atom stereocenters. The summed E-state index contributed by atoms with van der Waals surface area (Å²) < 4.78 is 6.09. The summed E-state index contributed by atoms with van der Waals surface area (Å²) in [5.74, 6) is 1.59. The normalized spacial score (nSPS) is 17.2. The van der Waals surface area contributed by atoms with Crippen molar-refractivity contribution in [3.05, 3.63) is 29.8 Å². The molecule has 17 heavy (non-hydrogen) atoms. The summed E-state index contributed by atoms with van der Waals surface area (Å²) >= 11 is 0. The minimum absolute atomic E-state index is 0.0787. The van der Waals surface area contributed by atoms with Crippen LogP contribution in [0.2, 0.25) is 0 Å². The van der Waals surface area contributed by atoms with Crippen molar-refractivity contribution in [2.45, 2.75) is 45.1 Å². The summed E-state index contributed by atoms with van der Waals surface area (Å²) in [6, 6.07) is 8.54. The third-order valence-corrected chi connectivity index (χ3v) is 3.39. The molecule has 1 aliphatic carbocycles. The smallest absolute Gasteiger partial charge is 0.122 e. The summed E-state index contributed by atoms with van der Waals surface area (Å²) in [5, 5.41) is 3.38. The van der Waals surface area contributed by atoms with Crippen molar-refractivity contribution in [2.24, 2.45) is 0 Å². The van der Waals surface area contributed by atoms with Crippen molar-refractivity contribution in [3.8, 4) is 5.75 Å². The van der Waals surface area contributed by atoms with E-state index in [1.807, 2.05) is 0 Å². The molecule has 1 N–H and O–H groups in total. The lowest BCUT2D eigenvalue weighted by Gasteiger charge is -2.18.